The fourth-order valence-corrected chi connectivity index (χ4v) is 2.52. The maximum absolute atomic E-state index is 10.6. The summed E-state index contributed by atoms with van der Waals surface area (Å²) in [5, 5.41) is 9.73. The van der Waals surface area contributed by atoms with Gasteiger partial charge in [-0.2, -0.15) is 0 Å². The SMILES string of the molecule is CCCCCCCCCCCCC(O)CCCC(N)=O. The Morgan fingerprint density at radius 2 is 1.30 bits per heavy atom. The van der Waals surface area contributed by atoms with Crippen molar-refractivity contribution in [3.05, 3.63) is 0 Å². The van der Waals surface area contributed by atoms with E-state index in [-0.39, 0.29) is 12.0 Å². The molecule has 0 heterocycles. The van der Waals surface area contributed by atoms with Crippen LogP contribution in [0.15, 0.2) is 0 Å². The van der Waals surface area contributed by atoms with Crippen LogP contribution >= 0.6 is 0 Å². The van der Waals surface area contributed by atoms with E-state index in [4.69, 9.17) is 5.73 Å². The van der Waals surface area contributed by atoms with E-state index in [1.54, 1.807) is 0 Å². The summed E-state index contributed by atoms with van der Waals surface area (Å²) in [6.45, 7) is 2.25. The zero-order valence-electron chi connectivity index (χ0n) is 13.4. The minimum absolute atomic E-state index is 0.247. The Morgan fingerprint density at radius 3 is 1.80 bits per heavy atom. The van der Waals surface area contributed by atoms with Crippen molar-refractivity contribution in [1.29, 1.82) is 0 Å². The predicted molar refractivity (Wildman–Crippen MR) is 85.5 cm³/mol. The summed E-state index contributed by atoms with van der Waals surface area (Å²) in [5.41, 5.74) is 5.06. The molecule has 0 aliphatic heterocycles. The van der Waals surface area contributed by atoms with Crippen molar-refractivity contribution in [2.45, 2.75) is 103 Å². The highest BCUT2D eigenvalue weighted by atomic mass is 16.3. The van der Waals surface area contributed by atoms with Crippen molar-refractivity contribution in [2.24, 2.45) is 5.73 Å². The van der Waals surface area contributed by atoms with Crippen LogP contribution in [0.3, 0.4) is 0 Å². The maximum atomic E-state index is 10.6. The molecule has 1 atom stereocenters. The summed E-state index contributed by atoms with van der Waals surface area (Å²) in [4.78, 5) is 10.6. The van der Waals surface area contributed by atoms with Crippen molar-refractivity contribution in [3.8, 4) is 0 Å². The van der Waals surface area contributed by atoms with E-state index in [2.05, 4.69) is 6.92 Å². The number of nitrogens with two attached hydrogens (primary N) is 1. The van der Waals surface area contributed by atoms with E-state index in [1.165, 1.54) is 57.8 Å². The third-order valence-electron chi connectivity index (χ3n) is 3.85. The van der Waals surface area contributed by atoms with Gasteiger partial charge in [0.15, 0.2) is 0 Å². The van der Waals surface area contributed by atoms with Gasteiger partial charge in [-0.25, -0.2) is 0 Å². The smallest absolute Gasteiger partial charge is 0.217 e. The van der Waals surface area contributed by atoms with Gasteiger partial charge in [-0.05, 0) is 19.3 Å². The van der Waals surface area contributed by atoms with Crippen LogP contribution < -0.4 is 5.73 Å². The van der Waals surface area contributed by atoms with Gasteiger partial charge in [-0.1, -0.05) is 71.1 Å². The van der Waals surface area contributed by atoms with Crippen LogP contribution in [-0.4, -0.2) is 17.1 Å². The first-order valence-corrected chi connectivity index (χ1v) is 8.63. The van der Waals surface area contributed by atoms with Crippen LogP contribution in [0.2, 0.25) is 0 Å². The number of carbonyl (C=O) groups excluding carboxylic acids is 1. The lowest BCUT2D eigenvalue weighted by Gasteiger charge is -2.09. The number of aliphatic hydroxyl groups excluding tert-OH is 1. The van der Waals surface area contributed by atoms with Gasteiger partial charge in [0.25, 0.3) is 0 Å². The molecule has 1 amide bonds. The van der Waals surface area contributed by atoms with Crippen LogP contribution in [0.1, 0.15) is 96.8 Å². The van der Waals surface area contributed by atoms with Gasteiger partial charge in [0, 0.05) is 6.42 Å². The second-order valence-electron chi connectivity index (χ2n) is 5.98. The minimum Gasteiger partial charge on any atom is -0.393 e. The Bertz CT molecular complexity index is 219. The molecule has 0 fully saturated rings. The highest BCUT2D eigenvalue weighted by molar-refractivity contribution is 5.73. The second kappa shape index (κ2) is 14.8. The quantitative estimate of drug-likeness (QED) is 0.440. The largest absolute Gasteiger partial charge is 0.393 e. The molecule has 120 valence electrons. The second-order valence-corrected chi connectivity index (χ2v) is 5.98. The molecular formula is C17H35NO2. The van der Waals surface area contributed by atoms with E-state index in [0.29, 0.717) is 19.3 Å². The molecule has 0 rings (SSSR count). The van der Waals surface area contributed by atoms with E-state index in [9.17, 15) is 9.90 Å². The van der Waals surface area contributed by atoms with Crippen molar-refractivity contribution < 1.29 is 9.90 Å². The Balaban J connectivity index is 3.13. The molecule has 0 saturated carbocycles. The first-order valence-electron chi connectivity index (χ1n) is 8.63. The van der Waals surface area contributed by atoms with Gasteiger partial charge in [-0.15, -0.1) is 0 Å². The number of aliphatic hydroxyl groups is 1. The van der Waals surface area contributed by atoms with Crippen LogP contribution in [0.4, 0.5) is 0 Å². The summed E-state index contributed by atoms with van der Waals surface area (Å²) < 4.78 is 0. The fraction of sp³-hybridized carbons (Fsp3) is 0.941. The molecule has 0 aromatic rings. The molecule has 20 heavy (non-hydrogen) atoms. The van der Waals surface area contributed by atoms with E-state index in [0.717, 1.165) is 12.8 Å². The molecule has 0 saturated heterocycles. The summed E-state index contributed by atoms with van der Waals surface area (Å²) in [7, 11) is 0. The average Bonchev–Trinajstić information content (AvgIpc) is 2.40. The molecule has 3 N–H and O–H groups in total. The number of hydrogen-bond donors (Lipinski definition) is 2. The molecular weight excluding hydrogens is 250 g/mol. The fourth-order valence-electron chi connectivity index (χ4n) is 2.52. The van der Waals surface area contributed by atoms with Gasteiger partial charge < -0.3 is 10.8 Å². The summed E-state index contributed by atoms with van der Waals surface area (Å²) >= 11 is 0. The molecule has 0 aromatic carbocycles. The summed E-state index contributed by atoms with van der Waals surface area (Å²) in [5.74, 6) is -0.267. The molecule has 0 radical (unpaired) electrons. The topological polar surface area (TPSA) is 63.3 Å². The summed E-state index contributed by atoms with van der Waals surface area (Å²) in [6.07, 6.45) is 15.7. The first-order chi connectivity index (χ1) is 9.66. The first kappa shape index (κ1) is 19.4. The van der Waals surface area contributed by atoms with Crippen molar-refractivity contribution in [2.75, 3.05) is 0 Å². The van der Waals surface area contributed by atoms with Gasteiger partial charge >= 0.3 is 0 Å². The van der Waals surface area contributed by atoms with Crippen LogP contribution in [-0.2, 0) is 4.79 Å². The molecule has 3 nitrogen and oxygen atoms in total. The minimum atomic E-state index is -0.267. The molecule has 0 aromatic heterocycles. The number of primary amides is 1. The molecule has 0 aliphatic rings. The standard InChI is InChI=1S/C17H35NO2/c1-2-3-4-5-6-7-8-9-10-11-13-16(19)14-12-15-17(18)20/h16,19H,2-15H2,1H3,(H2,18,20). The third-order valence-corrected chi connectivity index (χ3v) is 3.85. The Morgan fingerprint density at radius 1 is 0.850 bits per heavy atom. The lowest BCUT2D eigenvalue weighted by Crippen LogP contribution is -2.12. The van der Waals surface area contributed by atoms with E-state index < -0.39 is 0 Å². The third kappa shape index (κ3) is 15.5. The number of amides is 1. The van der Waals surface area contributed by atoms with Crippen molar-refractivity contribution in [1.82, 2.24) is 0 Å². The normalized spacial score (nSPS) is 12.5. The molecule has 3 heteroatoms. The predicted octanol–water partition coefficient (Wildman–Crippen LogP) is 4.31. The number of rotatable bonds is 15. The number of hydrogen-bond acceptors (Lipinski definition) is 2. The van der Waals surface area contributed by atoms with Gasteiger partial charge in [0.2, 0.25) is 5.91 Å². The monoisotopic (exact) mass is 285 g/mol. The Kier molecular flexibility index (Phi) is 14.4. The molecule has 0 bridgehead atoms. The lowest BCUT2D eigenvalue weighted by atomic mass is 10.0. The highest BCUT2D eigenvalue weighted by Gasteiger charge is 2.04. The zero-order chi connectivity index (χ0) is 15.1. The van der Waals surface area contributed by atoms with Crippen molar-refractivity contribution >= 4 is 5.91 Å². The van der Waals surface area contributed by atoms with Crippen LogP contribution in [0, 0.1) is 0 Å². The zero-order valence-corrected chi connectivity index (χ0v) is 13.4. The molecule has 0 aliphatic carbocycles. The Labute approximate surface area is 125 Å². The van der Waals surface area contributed by atoms with Gasteiger partial charge in [-0.3, -0.25) is 4.79 Å². The van der Waals surface area contributed by atoms with Crippen LogP contribution in [0.25, 0.3) is 0 Å². The van der Waals surface area contributed by atoms with Crippen molar-refractivity contribution in [3.63, 3.8) is 0 Å². The molecule has 0 spiro atoms. The summed E-state index contributed by atoms with van der Waals surface area (Å²) in [6, 6.07) is 0. The van der Waals surface area contributed by atoms with E-state index in [1.807, 2.05) is 0 Å². The van der Waals surface area contributed by atoms with Crippen LogP contribution in [0.5, 0.6) is 0 Å². The number of carbonyl (C=O) groups is 1. The lowest BCUT2D eigenvalue weighted by molar-refractivity contribution is -0.118. The number of unbranched alkanes of at least 4 members (excludes halogenated alkanes) is 9. The van der Waals surface area contributed by atoms with E-state index >= 15 is 0 Å². The Hall–Kier alpha value is -0.570. The molecule has 1 unspecified atom stereocenters. The average molecular weight is 285 g/mol. The maximum Gasteiger partial charge on any atom is 0.217 e. The van der Waals surface area contributed by atoms with Gasteiger partial charge in [0.05, 0.1) is 6.10 Å². The van der Waals surface area contributed by atoms with Gasteiger partial charge in [0.1, 0.15) is 0 Å². The highest BCUT2D eigenvalue weighted by Crippen LogP contribution is 2.13.